The van der Waals surface area contributed by atoms with E-state index in [9.17, 15) is 14.7 Å². The zero-order valence-corrected chi connectivity index (χ0v) is 24.7. The van der Waals surface area contributed by atoms with E-state index >= 15 is 0 Å². The van der Waals surface area contributed by atoms with Gasteiger partial charge in [-0.15, -0.1) is 0 Å². The summed E-state index contributed by atoms with van der Waals surface area (Å²) in [6.45, 7) is 5.68. The number of aromatic nitrogens is 3. The summed E-state index contributed by atoms with van der Waals surface area (Å²) >= 11 is 1.29. The Labute approximate surface area is 245 Å². The number of rotatable bonds is 6. The largest absolute Gasteiger partial charge is 0.505 e. The summed E-state index contributed by atoms with van der Waals surface area (Å²) < 4.78 is 19.4. The van der Waals surface area contributed by atoms with Crippen molar-refractivity contribution in [1.82, 2.24) is 14.4 Å². The maximum atomic E-state index is 13.8. The molecule has 1 fully saturated rings. The number of aliphatic hydroxyl groups excluding tert-OH is 1. The number of carbonyl (C=O) groups is 2. The number of nitrogens with zero attached hydrogens (tertiary/aromatic N) is 4. The molecule has 1 unspecified atom stereocenters. The van der Waals surface area contributed by atoms with Crippen molar-refractivity contribution in [2.24, 2.45) is 0 Å². The predicted molar refractivity (Wildman–Crippen MR) is 160 cm³/mol. The Bertz CT molecular complexity index is 1930. The van der Waals surface area contributed by atoms with E-state index < -0.39 is 17.7 Å². The van der Waals surface area contributed by atoms with Gasteiger partial charge in [-0.2, -0.15) is 0 Å². The predicted octanol–water partition coefficient (Wildman–Crippen LogP) is 5.52. The fourth-order valence-corrected chi connectivity index (χ4v) is 6.49. The van der Waals surface area contributed by atoms with E-state index in [1.54, 1.807) is 19.1 Å². The Morgan fingerprint density at radius 2 is 1.67 bits per heavy atom. The Morgan fingerprint density at radius 3 is 2.31 bits per heavy atom. The quantitative estimate of drug-likeness (QED) is 0.158. The molecule has 0 radical (unpaired) electrons. The second kappa shape index (κ2) is 10.2. The molecule has 1 saturated heterocycles. The number of aryl methyl sites for hydroxylation is 3. The average Bonchev–Trinajstić information content (AvgIpc) is 3.63. The van der Waals surface area contributed by atoms with E-state index in [2.05, 4.69) is 4.98 Å². The van der Waals surface area contributed by atoms with Crippen molar-refractivity contribution in [1.29, 1.82) is 0 Å². The zero-order chi connectivity index (χ0) is 29.9. The molecule has 1 aliphatic heterocycles. The van der Waals surface area contributed by atoms with E-state index in [1.807, 2.05) is 54.8 Å². The van der Waals surface area contributed by atoms with Gasteiger partial charge < -0.3 is 23.7 Å². The van der Waals surface area contributed by atoms with Gasteiger partial charge in [0.05, 0.1) is 48.9 Å². The summed E-state index contributed by atoms with van der Waals surface area (Å²) in [6, 6.07) is 11.8. The number of Topliss-reactive ketones (excluding diaryl/α,β-unsaturated/α-hetero) is 1. The molecule has 0 aliphatic carbocycles. The highest BCUT2D eigenvalue weighted by Crippen LogP contribution is 2.48. The molecule has 5 aromatic rings. The van der Waals surface area contributed by atoms with Crippen LogP contribution in [-0.4, -0.2) is 52.5 Å². The number of carbonyl (C=O) groups excluding carboxylic acids is 2. The highest BCUT2D eigenvalue weighted by molar-refractivity contribution is 7.22. The molecule has 0 saturated carbocycles. The number of thiazole rings is 1. The zero-order valence-electron chi connectivity index (χ0n) is 23.9. The van der Waals surface area contributed by atoms with Crippen molar-refractivity contribution >= 4 is 49.8 Å². The van der Waals surface area contributed by atoms with Gasteiger partial charge in [-0.1, -0.05) is 23.5 Å². The van der Waals surface area contributed by atoms with Crippen molar-refractivity contribution < 1.29 is 28.9 Å². The number of benzene rings is 2. The second-order valence-electron chi connectivity index (χ2n) is 10.0. The SMILES string of the molecule is COc1cc(C2C(=C(O)c3nc4c(C)cccn4c3C)C(=O)C(=O)N2c2nc3ccc(C)cc3s2)cc(OC)c1OC. The van der Waals surface area contributed by atoms with Gasteiger partial charge in [0.25, 0.3) is 5.78 Å². The van der Waals surface area contributed by atoms with E-state index in [4.69, 9.17) is 19.2 Å². The maximum absolute atomic E-state index is 13.8. The lowest BCUT2D eigenvalue weighted by Gasteiger charge is -2.24. The summed E-state index contributed by atoms with van der Waals surface area (Å²) in [5.41, 5.74) is 4.43. The molecule has 1 aliphatic rings. The summed E-state index contributed by atoms with van der Waals surface area (Å²) in [7, 11) is 4.45. The number of methoxy groups -OCH3 is 3. The van der Waals surface area contributed by atoms with Crippen LogP contribution in [0.3, 0.4) is 0 Å². The number of anilines is 1. The monoisotopic (exact) mass is 584 g/mol. The molecular formula is C31H28N4O6S. The fraction of sp³-hybridized carbons (Fsp3) is 0.226. The molecule has 1 atom stereocenters. The van der Waals surface area contributed by atoms with E-state index in [0.29, 0.717) is 44.8 Å². The molecule has 1 amide bonds. The Morgan fingerprint density at radius 1 is 0.952 bits per heavy atom. The van der Waals surface area contributed by atoms with Gasteiger partial charge in [-0.3, -0.25) is 14.5 Å². The fourth-order valence-electron chi connectivity index (χ4n) is 5.40. The third-order valence-electron chi connectivity index (χ3n) is 7.49. The van der Waals surface area contributed by atoms with Gasteiger partial charge in [0, 0.05) is 6.20 Å². The Kier molecular flexibility index (Phi) is 6.61. The number of hydrogen-bond donors (Lipinski definition) is 1. The van der Waals surface area contributed by atoms with Gasteiger partial charge >= 0.3 is 5.91 Å². The standard InChI is InChI=1S/C31H28N4O6S/c1-15-9-10-19-22(12-15)42-31(32-19)35-25(18-13-20(39-4)28(41-6)21(14-18)40-5)23(27(37)30(35)38)26(36)24-17(3)34-11-7-8-16(2)29(34)33-24/h7-14,25,36H,1-6H3. The summed E-state index contributed by atoms with van der Waals surface area (Å²) in [5.74, 6) is -1.04. The normalized spacial score (nSPS) is 16.5. The van der Waals surface area contributed by atoms with Crippen LogP contribution in [0.15, 0.2) is 54.2 Å². The average molecular weight is 585 g/mol. The molecule has 10 nitrogen and oxygen atoms in total. The van der Waals surface area contributed by atoms with Gasteiger partial charge in [0.1, 0.15) is 11.3 Å². The number of ketones is 1. The Balaban J connectivity index is 1.64. The lowest BCUT2D eigenvalue weighted by atomic mass is 9.95. The number of pyridine rings is 1. The minimum atomic E-state index is -1.06. The third-order valence-corrected chi connectivity index (χ3v) is 8.51. The highest BCUT2D eigenvalue weighted by Gasteiger charge is 2.49. The van der Waals surface area contributed by atoms with Crippen LogP contribution in [0.1, 0.15) is 34.1 Å². The number of fused-ring (bicyclic) bond motifs is 2. The van der Waals surface area contributed by atoms with Gasteiger partial charge in [-0.05, 0) is 67.8 Å². The molecule has 42 heavy (non-hydrogen) atoms. The molecule has 4 heterocycles. The minimum Gasteiger partial charge on any atom is -0.505 e. The van der Waals surface area contributed by atoms with Crippen molar-refractivity contribution in [3.63, 3.8) is 0 Å². The number of imidazole rings is 1. The molecule has 6 rings (SSSR count). The molecular weight excluding hydrogens is 556 g/mol. The topological polar surface area (TPSA) is 115 Å². The van der Waals surface area contributed by atoms with Crippen LogP contribution in [0.25, 0.3) is 21.6 Å². The van der Waals surface area contributed by atoms with Crippen molar-refractivity contribution in [2.45, 2.75) is 26.8 Å². The van der Waals surface area contributed by atoms with Crippen molar-refractivity contribution in [2.75, 3.05) is 26.2 Å². The number of ether oxygens (including phenoxy) is 3. The molecule has 1 N–H and O–H groups in total. The summed E-state index contributed by atoms with van der Waals surface area (Å²) in [4.78, 5) is 38.3. The lowest BCUT2D eigenvalue weighted by molar-refractivity contribution is -0.132. The first-order valence-electron chi connectivity index (χ1n) is 13.1. The van der Waals surface area contributed by atoms with Crippen molar-refractivity contribution in [3.05, 3.63) is 82.3 Å². The minimum absolute atomic E-state index is 0.117. The van der Waals surface area contributed by atoms with Gasteiger partial charge in [-0.25, -0.2) is 9.97 Å². The molecule has 214 valence electrons. The molecule has 0 bridgehead atoms. The second-order valence-corrected chi connectivity index (χ2v) is 11.0. The molecule has 2 aromatic carbocycles. The van der Waals surface area contributed by atoms with Crippen LogP contribution in [-0.2, 0) is 9.59 Å². The van der Waals surface area contributed by atoms with Crippen molar-refractivity contribution in [3.8, 4) is 17.2 Å². The van der Waals surface area contributed by atoms with Crippen LogP contribution in [0.4, 0.5) is 5.13 Å². The number of hydrogen-bond acceptors (Lipinski definition) is 9. The van der Waals surface area contributed by atoms with Crippen LogP contribution in [0, 0.1) is 20.8 Å². The van der Waals surface area contributed by atoms with Gasteiger partial charge in [0.15, 0.2) is 22.4 Å². The van der Waals surface area contributed by atoms with Gasteiger partial charge in [0.2, 0.25) is 5.75 Å². The van der Waals surface area contributed by atoms with E-state index in [-0.39, 0.29) is 17.0 Å². The van der Waals surface area contributed by atoms with Crippen LogP contribution < -0.4 is 19.1 Å². The highest BCUT2D eigenvalue weighted by atomic mass is 32.1. The molecule has 0 spiro atoms. The summed E-state index contributed by atoms with van der Waals surface area (Å²) in [6.07, 6.45) is 1.83. The first kappa shape index (κ1) is 27.3. The first-order chi connectivity index (χ1) is 20.2. The Hall–Kier alpha value is -4.90. The smallest absolute Gasteiger partial charge is 0.301 e. The van der Waals surface area contributed by atoms with E-state index in [1.165, 1.54) is 37.6 Å². The number of amides is 1. The van der Waals surface area contributed by atoms with Crippen LogP contribution in [0.2, 0.25) is 0 Å². The maximum Gasteiger partial charge on any atom is 0.301 e. The number of aliphatic hydroxyl groups is 1. The lowest BCUT2D eigenvalue weighted by Crippen LogP contribution is -2.29. The first-order valence-corrected chi connectivity index (χ1v) is 13.9. The van der Waals surface area contributed by atoms with E-state index in [0.717, 1.165) is 15.8 Å². The van der Waals surface area contributed by atoms with Crippen LogP contribution >= 0.6 is 11.3 Å². The van der Waals surface area contributed by atoms with Crippen LogP contribution in [0.5, 0.6) is 17.2 Å². The molecule has 3 aromatic heterocycles. The molecule has 11 heteroatoms. The summed E-state index contributed by atoms with van der Waals surface area (Å²) in [5, 5.41) is 12.1. The third kappa shape index (κ3) is 4.07.